The highest BCUT2D eigenvalue weighted by atomic mass is 16.4. The summed E-state index contributed by atoms with van der Waals surface area (Å²) in [5, 5.41) is 17.1. The van der Waals surface area contributed by atoms with Crippen molar-refractivity contribution in [2.75, 3.05) is 0 Å². The molecule has 0 bridgehead atoms. The number of hydrogen-bond donors (Lipinski definition) is 2. The summed E-state index contributed by atoms with van der Waals surface area (Å²) < 4.78 is 0. The molecule has 108 valence electrons. The summed E-state index contributed by atoms with van der Waals surface area (Å²) in [5.41, 5.74) is 1.23. The zero-order chi connectivity index (χ0) is 15.0. The van der Waals surface area contributed by atoms with Crippen molar-refractivity contribution in [1.29, 1.82) is 0 Å². The quantitative estimate of drug-likeness (QED) is 0.883. The van der Waals surface area contributed by atoms with E-state index in [1.54, 1.807) is 30.3 Å². The molecule has 0 spiro atoms. The lowest BCUT2D eigenvalue weighted by molar-refractivity contribution is -0.142. The van der Waals surface area contributed by atoms with Crippen LogP contribution in [-0.4, -0.2) is 22.2 Å². The van der Waals surface area contributed by atoms with Gasteiger partial charge in [-0.25, -0.2) is 4.79 Å². The second kappa shape index (κ2) is 8.15. The molecule has 20 heavy (non-hydrogen) atoms. The van der Waals surface area contributed by atoms with Gasteiger partial charge in [-0.05, 0) is 30.5 Å². The van der Waals surface area contributed by atoms with Crippen LogP contribution in [0, 0.1) is 5.92 Å². The van der Waals surface area contributed by atoms with Crippen LogP contribution in [0.4, 0.5) is 0 Å². The number of rotatable bonds is 3. The third-order valence-electron chi connectivity index (χ3n) is 3.35. The van der Waals surface area contributed by atoms with Gasteiger partial charge in [-0.3, -0.25) is 4.79 Å². The van der Waals surface area contributed by atoms with Gasteiger partial charge < -0.3 is 10.2 Å². The van der Waals surface area contributed by atoms with Gasteiger partial charge in [0.15, 0.2) is 0 Å². The van der Waals surface area contributed by atoms with Gasteiger partial charge >= 0.3 is 11.9 Å². The fraction of sp³-hybridized carbons (Fsp3) is 0.375. The van der Waals surface area contributed by atoms with E-state index in [1.807, 2.05) is 0 Å². The van der Waals surface area contributed by atoms with E-state index in [2.05, 4.69) is 6.58 Å². The van der Waals surface area contributed by atoms with Crippen molar-refractivity contribution in [3.8, 4) is 0 Å². The molecule has 0 saturated heterocycles. The SMILES string of the molecule is C=Cc1ccc(C(=O)O)cc1.O=C(O)C1CCCCC1. The topological polar surface area (TPSA) is 74.6 Å². The molecule has 1 saturated carbocycles. The lowest BCUT2D eigenvalue weighted by atomic mass is 9.90. The molecule has 0 heterocycles. The van der Waals surface area contributed by atoms with Crippen LogP contribution in [0.5, 0.6) is 0 Å². The van der Waals surface area contributed by atoms with Crippen LogP contribution in [0.2, 0.25) is 0 Å². The largest absolute Gasteiger partial charge is 0.481 e. The van der Waals surface area contributed by atoms with E-state index < -0.39 is 11.9 Å². The Hall–Kier alpha value is -2.10. The first-order chi connectivity index (χ1) is 9.54. The maximum absolute atomic E-state index is 10.4. The molecule has 0 atom stereocenters. The normalized spacial score (nSPS) is 14.8. The summed E-state index contributed by atoms with van der Waals surface area (Å²) in [6.07, 6.45) is 6.91. The number of carbonyl (C=O) groups is 2. The van der Waals surface area contributed by atoms with Crippen molar-refractivity contribution in [2.45, 2.75) is 32.1 Å². The number of carboxylic acid groups (broad SMARTS) is 2. The molecule has 2 rings (SSSR count). The number of benzene rings is 1. The Morgan fingerprint density at radius 2 is 1.60 bits per heavy atom. The van der Waals surface area contributed by atoms with Crippen LogP contribution in [0.1, 0.15) is 48.0 Å². The molecule has 0 aliphatic heterocycles. The van der Waals surface area contributed by atoms with E-state index in [-0.39, 0.29) is 5.92 Å². The van der Waals surface area contributed by atoms with Gasteiger partial charge in [-0.15, -0.1) is 0 Å². The molecule has 0 aromatic heterocycles. The molecule has 1 aromatic carbocycles. The molecule has 4 heteroatoms. The predicted octanol–water partition coefficient (Wildman–Crippen LogP) is 3.68. The standard InChI is InChI=1S/C9H8O2.C7H12O2/c1-2-7-3-5-8(6-4-7)9(10)11;8-7(9)6-4-2-1-3-5-6/h2-6H,1H2,(H,10,11);6H,1-5H2,(H,8,9). The lowest BCUT2D eigenvalue weighted by Gasteiger charge is -2.16. The zero-order valence-corrected chi connectivity index (χ0v) is 11.4. The van der Waals surface area contributed by atoms with Crippen LogP contribution in [0.15, 0.2) is 30.8 Å². The zero-order valence-electron chi connectivity index (χ0n) is 11.4. The number of aromatic carboxylic acids is 1. The van der Waals surface area contributed by atoms with E-state index in [9.17, 15) is 9.59 Å². The van der Waals surface area contributed by atoms with Gasteiger partial charge in [0.1, 0.15) is 0 Å². The highest BCUT2D eigenvalue weighted by Crippen LogP contribution is 2.23. The van der Waals surface area contributed by atoms with Crippen molar-refractivity contribution in [3.05, 3.63) is 42.0 Å². The van der Waals surface area contributed by atoms with E-state index in [0.717, 1.165) is 31.2 Å². The Kier molecular flexibility index (Phi) is 6.50. The Balaban J connectivity index is 0.000000204. The minimum Gasteiger partial charge on any atom is -0.481 e. The van der Waals surface area contributed by atoms with E-state index in [0.29, 0.717) is 5.56 Å². The van der Waals surface area contributed by atoms with Crippen molar-refractivity contribution in [3.63, 3.8) is 0 Å². The summed E-state index contributed by atoms with van der Waals surface area (Å²) in [7, 11) is 0. The summed E-state index contributed by atoms with van der Waals surface area (Å²) >= 11 is 0. The molecule has 1 aliphatic rings. The molecule has 2 N–H and O–H groups in total. The molecule has 0 amide bonds. The van der Waals surface area contributed by atoms with Gasteiger partial charge in [0.05, 0.1) is 11.5 Å². The first-order valence-corrected chi connectivity index (χ1v) is 6.73. The fourth-order valence-corrected chi connectivity index (χ4v) is 2.11. The van der Waals surface area contributed by atoms with Gasteiger partial charge in [-0.2, -0.15) is 0 Å². The maximum Gasteiger partial charge on any atom is 0.335 e. The summed E-state index contributed by atoms with van der Waals surface area (Å²) in [6.45, 7) is 3.56. The average Bonchev–Trinajstić information content (AvgIpc) is 2.49. The van der Waals surface area contributed by atoms with Crippen LogP contribution in [0.25, 0.3) is 6.08 Å². The van der Waals surface area contributed by atoms with Crippen LogP contribution in [-0.2, 0) is 4.79 Å². The van der Waals surface area contributed by atoms with Gasteiger partial charge in [-0.1, -0.05) is 44.1 Å². The highest BCUT2D eigenvalue weighted by molar-refractivity contribution is 5.87. The number of hydrogen-bond acceptors (Lipinski definition) is 2. The summed E-state index contributed by atoms with van der Waals surface area (Å²) in [6, 6.07) is 6.55. The van der Waals surface area contributed by atoms with Crippen LogP contribution < -0.4 is 0 Å². The van der Waals surface area contributed by atoms with E-state index >= 15 is 0 Å². The fourth-order valence-electron chi connectivity index (χ4n) is 2.11. The third kappa shape index (κ3) is 5.26. The van der Waals surface area contributed by atoms with Crippen molar-refractivity contribution < 1.29 is 19.8 Å². The second-order valence-corrected chi connectivity index (χ2v) is 4.80. The molecule has 1 fully saturated rings. The lowest BCUT2D eigenvalue weighted by Crippen LogP contribution is -2.16. The minimum absolute atomic E-state index is 0.0289. The number of aliphatic carboxylic acids is 1. The van der Waals surface area contributed by atoms with Crippen molar-refractivity contribution >= 4 is 18.0 Å². The molecule has 0 radical (unpaired) electrons. The van der Waals surface area contributed by atoms with Crippen LogP contribution in [0.3, 0.4) is 0 Å². The van der Waals surface area contributed by atoms with Gasteiger partial charge in [0.25, 0.3) is 0 Å². The minimum atomic E-state index is -0.902. The van der Waals surface area contributed by atoms with Gasteiger partial charge in [0.2, 0.25) is 0 Å². The average molecular weight is 276 g/mol. The Labute approximate surface area is 118 Å². The Morgan fingerprint density at radius 1 is 1.05 bits per heavy atom. The maximum atomic E-state index is 10.4. The second-order valence-electron chi connectivity index (χ2n) is 4.80. The first-order valence-electron chi connectivity index (χ1n) is 6.73. The van der Waals surface area contributed by atoms with Crippen molar-refractivity contribution in [1.82, 2.24) is 0 Å². The van der Waals surface area contributed by atoms with Gasteiger partial charge in [0, 0.05) is 0 Å². The Bertz CT molecular complexity index is 456. The Morgan fingerprint density at radius 3 is 1.95 bits per heavy atom. The van der Waals surface area contributed by atoms with E-state index in [1.165, 1.54) is 6.42 Å². The smallest absolute Gasteiger partial charge is 0.335 e. The molecular weight excluding hydrogens is 256 g/mol. The van der Waals surface area contributed by atoms with Crippen molar-refractivity contribution in [2.24, 2.45) is 5.92 Å². The van der Waals surface area contributed by atoms with Crippen LogP contribution >= 0.6 is 0 Å². The number of carboxylic acids is 2. The molecule has 4 nitrogen and oxygen atoms in total. The summed E-state index contributed by atoms with van der Waals surface area (Å²) in [5.74, 6) is -1.53. The predicted molar refractivity (Wildman–Crippen MR) is 77.7 cm³/mol. The molecule has 0 unspecified atom stereocenters. The summed E-state index contributed by atoms with van der Waals surface area (Å²) in [4.78, 5) is 20.7. The molecule has 1 aliphatic carbocycles. The molecule has 1 aromatic rings. The first kappa shape index (κ1) is 16.0. The monoisotopic (exact) mass is 276 g/mol. The van der Waals surface area contributed by atoms with E-state index in [4.69, 9.17) is 10.2 Å². The highest BCUT2D eigenvalue weighted by Gasteiger charge is 2.19. The molecular formula is C16H20O4. The third-order valence-corrected chi connectivity index (χ3v) is 3.35.